The SMILES string of the molecule is OCC1(C2(O)CNC2)CC1. The highest BCUT2D eigenvalue weighted by Gasteiger charge is 2.60. The molecule has 0 aromatic heterocycles. The number of nitrogens with one attached hydrogen (secondary N) is 1. The zero-order valence-corrected chi connectivity index (χ0v) is 5.93. The predicted octanol–water partition coefficient (Wildman–Crippen LogP) is -0.907. The van der Waals surface area contributed by atoms with Crippen molar-refractivity contribution in [2.45, 2.75) is 18.4 Å². The maximum Gasteiger partial charge on any atom is 0.0972 e. The van der Waals surface area contributed by atoms with Crippen LogP contribution in [0.5, 0.6) is 0 Å². The van der Waals surface area contributed by atoms with E-state index in [0.29, 0.717) is 13.1 Å². The van der Waals surface area contributed by atoms with Gasteiger partial charge in [-0.05, 0) is 12.8 Å². The molecule has 2 aliphatic rings. The first-order valence-electron chi connectivity index (χ1n) is 3.76. The Morgan fingerprint density at radius 2 is 1.90 bits per heavy atom. The largest absolute Gasteiger partial charge is 0.396 e. The highest BCUT2D eigenvalue weighted by molar-refractivity contribution is 5.14. The topological polar surface area (TPSA) is 52.5 Å². The van der Waals surface area contributed by atoms with Crippen LogP contribution in [-0.2, 0) is 0 Å². The Bertz CT molecular complexity index is 147. The van der Waals surface area contributed by atoms with Crippen molar-refractivity contribution in [2.24, 2.45) is 5.41 Å². The van der Waals surface area contributed by atoms with Crippen LogP contribution >= 0.6 is 0 Å². The van der Waals surface area contributed by atoms with Crippen LogP contribution in [0.2, 0.25) is 0 Å². The Hall–Kier alpha value is -0.120. The fraction of sp³-hybridized carbons (Fsp3) is 1.00. The molecule has 1 heterocycles. The molecule has 0 atom stereocenters. The average molecular weight is 143 g/mol. The molecule has 0 aromatic rings. The van der Waals surface area contributed by atoms with Gasteiger partial charge in [-0.3, -0.25) is 0 Å². The van der Waals surface area contributed by atoms with E-state index in [1.807, 2.05) is 0 Å². The average Bonchev–Trinajstić information content (AvgIpc) is 2.63. The Labute approximate surface area is 60.1 Å². The second-order valence-electron chi connectivity index (χ2n) is 3.57. The van der Waals surface area contributed by atoms with Crippen molar-refractivity contribution in [2.75, 3.05) is 19.7 Å². The lowest BCUT2D eigenvalue weighted by molar-refractivity contribution is -0.0916. The monoisotopic (exact) mass is 143 g/mol. The molecule has 2 rings (SSSR count). The molecule has 1 saturated heterocycles. The molecule has 10 heavy (non-hydrogen) atoms. The van der Waals surface area contributed by atoms with Crippen molar-refractivity contribution >= 4 is 0 Å². The zero-order chi connectivity index (χ0) is 7.24. The van der Waals surface area contributed by atoms with E-state index in [1.165, 1.54) is 0 Å². The van der Waals surface area contributed by atoms with Gasteiger partial charge in [-0.1, -0.05) is 0 Å². The molecular formula is C7H13NO2. The predicted molar refractivity (Wildman–Crippen MR) is 36.6 cm³/mol. The third-order valence-electron chi connectivity index (χ3n) is 2.98. The van der Waals surface area contributed by atoms with Gasteiger partial charge < -0.3 is 15.5 Å². The molecule has 0 bridgehead atoms. The summed E-state index contributed by atoms with van der Waals surface area (Å²) in [4.78, 5) is 0. The van der Waals surface area contributed by atoms with Crippen LogP contribution in [0.15, 0.2) is 0 Å². The normalized spacial score (nSPS) is 33.0. The quantitative estimate of drug-likeness (QED) is 0.469. The minimum absolute atomic E-state index is 0.127. The number of rotatable bonds is 2. The molecule has 0 spiro atoms. The molecule has 3 N–H and O–H groups in total. The molecule has 3 nitrogen and oxygen atoms in total. The molecule has 1 saturated carbocycles. The summed E-state index contributed by atoms with van der Waals surface area (Å²) in [7, 11) is 0. The van der Waals surface area contributed by atoms with E-state index in [4.69, 9.17) is 5.11 Å². The second kappa shape index (κ2) is 1.72. The Balaban J connectivity index is 2.09. The van der Waals surface area contributed by atoms with Gasteiger partial charge in [0.15, 0.2) is 0 Å². The van der Waals surface area contributed by atoms with Gasteiger partial charge in [0.1, 0.15) is 0 Å². The number of aliphatic hydroxyl groups excluding tert-OH is 1. The van der Waals surface area contributed by atoms with Crippen molar-refractivity contribution in [1.29, 1.82) is 0 Å². The molecule has 0 radical (unpaired) electrons. The lowest BCUT2D eigenvalue weighted by Gasteiger charge is -2.43. The van der Waals surface area contributed by atoms with E-state index < -0.39 is 5.60 Å². The molecule has 0 aromatic carbocycles. The summed E-state index contributed by atoms with van der Waals surface area (Å²) in [5.74, 6) is 0. The van der Waals surface area contributed by atoms with Gasteiger partial charge in [-0.15, -0.1) is 0 Å². The number of β-amino-alcohol motifs (C(OH)–C–C–N with tert-alkyl or cyclic N) is 1. The van der Waals surface area contributed by atoms with Crippen molar-refractivity contribution < 1.29 is 10.2 Å². The van der Waals surface area contributed by atoms with E-state index >= 15 is 0 Å². The molecule has 1 aliphatic carbocycles. The van der Waals surface area contributed by atoms with E-state index in [9.17, 15) is 5.11 Å². The molecule has 58 valence electrons. The molecule has 0 amide bonds. The minimum atomic E-state index is -0.582. The van der Waals surface area contributed by atoms with Gasteiger partial charge >= 0.3 is 0 Å². The van der Waals surface area contributed by atoms with Gasteiger partial charge in [-0.25, -0.2) is 0 Å². The Kier molecular flexibility index (Phi) is 1.14. The fourth-order valence-electron chi connectivity index (χ4n) is 1.66. The molecule has 1 aliphatic heterocycles. The summed E-state index contributed by atoms with van der Waals surface area (Å²) in [5.41, 5.74) is -0.708. The molecule has 3 heteroatoms. The Morgan fingerprint density at radius 3 is 2.00 bits per heavy atom. The van der Waals surface area contributed by atoms with E-state index in [-0.39, 0.29) is 12.0 Å². The summed E-state index contributed by atoms with van der Waals surface area (Å²) < 4.78 is 0. The highest BCUT2D eigenvalue weighted by atomic mass is 16.3. The van der Waals surface area contributed by atoms with Crippen molar-refractivity contribution in [3.8, 4) is 0 Å². The van der Waals surface area contributed by atoms with Crippen LogP contribution in [0.4, 0.5) is 0 Å². The molecule has 0 unspecified atom stereocenters. The van der Waals surface area contributed by atoms with Gasteiger partial charge in [0.25, 0.3) is 0 Å². The summed E-state index contributed by atoms with van der Waals surface area (Å²) in [6, 6.07) is 0. The van der Waals surface area contributed by atoms with Crippen LogP contribution in [0, 0.1) is 5.41 Å². The summed E-state index contributed by atoms with van der Waals surface area (Å²) >= 11 is 0. The summed E-state index contributed by atoms with van der Waals surface area (Å²) in [6.45, 7) is 1.46. The first-order chi connectivity index (χ1) is 4.72. The third kappa shape index (κ3) is 0.603. The van der Waals surface area contributed by atoms with E-state index in [2.05, 4.69) is 5.32 Å². The van der Waals surface area contributed by atoms with E-state index in [1.54, 1.807) is 0 Å². The van der Waals surface area contributed by atoms with E-state index in [0.717, 1.165) is 12.8 Å². The first kappa shape index (κ1) is 6.58. The van der Waals surface area contributed by atoms with Crippen molar-refractivity contribution in [3.05, 3.63) is 0 Å². The second-order valence-corrected chi connectivity index (χ2v) is 3.57. The Morgan fingerprint density at radius 1 is 1.30 bits per heavy atom. The highest BCUT2D eigenvalue weighted by Crippen LogP contribution is 2.54. The van der Waals surface area contributed by atoms with Crippen molar-refractivity contribution in [1.82, 2.24) is 5.32 Å². The van der Waals surface area contributed by atoms with Crippen LogP contribution in [-0.4, -0.2) is 35.5 Å². The smallest absolute Gasteiger partial charge is 0.0972 e. The standard InChI is InChI=1S/C7H13NO2/c9-5-6(1-2-6)7(10)3-8-4-7/h8-10H,1-5H2. The minimum Gasteiger partial charge on any atom is -0.396 e. The summed E-state index contributed by atoms with van der Waals surface area (Å²) in [6.07, 6.45) is 1.98. The fourth-order valence-corrected chi connectivity index (χ4v) is 1.66. The number of hydrogen-bond acceptors (Lipinski definition) is 3. The van der Waals surface area contributed by atoms with Gasteiger partial charge in [-0.2, -0.15) is 0 Å². The van der Waals surface area contributed by atoms with Crippen LogP contribution in [0.1, 0.15) is 12.8 Å². The van der Waals surface area contributed by atoms with Crippen LogP contribution in [0.25, 0.3) is 0 Å². The lowest BCUT2D eigenvalue weighted by atomic mass is 9.80. The number of aliphatic hydroxyl groups is 2. The maximum atomic E-state index is 9.78. The van der Waals surface area contributed by atoms with Gasteiger partial charge in [0.05, 0.1) is 12.2 Å². The van der Waals surface area contributed by atoms with Gasteiger partial charge in [0.2, 0.25) is 0 Å². The van der Waals surface area contributed by atoms with Crippen molar-refractivity contribution in [3.63, 3.8) is 0 Å². The third-order valence-corrected chi connectivity index (χ3v) is 2.98. The summed E-state index contributed by atoms with van der Waals surface area (Å²) in [5, 5.41) is 21.8. The first-order valence-corrected chi connectivity index (χ1v) is 3.76. The van der Waals surface area contributed by atoms with Gasteiger partial charge in [0, 0.05) is 18.5 Å². The van der Waals surface area contributed by atoms with Crippen LogP contribution in [0.3, 0.4) is 0 Å². The zero-order valence-electron chi connectivity index (χ0n) is 5.93. The maximum absolute atomic E-state index is 9.78. The number of hydrogen-bond donors (Lipinski definition) is 3. The lowest BCUT2D eigenvalue weighted by Crippen LogP contribution is -2.65. The molecule has 2 fully saturated rings. The van der Waals surface area contributed by atoms with Crippen LogP contribution < -0.4 is 5.32 Å². The molecular weight excluding hydrogens is 130 g/mol.